The van der Waals surface area contributed by atoms with Crippen molar-refractivity contribution in [2.45, 2.75) is 32.2 Å². The van der Waals surface area contributed by atoms with Gasteiger partial charge in [-0.3, -0.25) is 0 Å². The van der Waals surface area contributed by atoms with Crippen LogP contribution in [0.3, 0.4) is 0 Å². The molecule has 1 rings (SSSR count). The molecule has 1 atom stereocenters. The Morgan fingerprint density at radius 1 is 1.24 bits per heavy atom. The summed E-state index contributed by atoms with van der Waals surface area (Å²) in [6.07, 6.45) is 3.91. The zero-order valence-corrected chi connectivity index (χ0v) is 11.6. The van der Waals surface area contributed by atoms with Gasteiger partial charge in [-0.1, -0.05) is 31.9 Å². The Hall–Kier alpha value is -0.670. The maximum atomic E-state index is 6.14. The Morgan fingerprint density at radius 3 is 2.53 bits per heavy atom. The molecule has 2 N–H and O–H groups in total. The summed E-state index contributed by atoms with van der Waals surface area (Å²) in [4.78, 5) is 0. The van der Waals surface area contributed by atoms with E-state index in [-0.39, 0.29) is 6.04 Å². The lowest BCUT2D eigenvalue weighted by Gasteiger charge is -2.12. The molecule has 2 nitrogen and oxygen atoms in total. The van der Waals surface area contributed by atoms with Crippen molar-refractivity contribution in [1.29, 1.82) is 0 Å². The fourth-order valence-corrected chi connectivity index (χ4v) is 2.63. The van der Waals surface area contributed by atoms with Crippen LogP contribution in [0.1, 0.15) is 37.8 Å². The van der Waals surface area contributed by atoms with Crippen molar-refractivity contribution < 1.29 is 4.74 Å². The SMILES string of the molecule is CCCCCSCC(N)c1ccc(OC)cc1. The quantitative estimate of drug-likeness (QED) is 0.719. The zero-order valence-electron chi connectivity index (χ0n) is 10.8. The number of thioether (sulfide) groups is 1. The Bertz CT molecular complexity index is 300. The minimum atomic E-state index is 0.132. The van der Waals surface area contributed by atoms with Crippen LogP contribution in [-0.4, -0.2) is 18.6 Å². The summed E-state index contributed by atoms with van der Waals surface area (Å²) in [7, 11) is 1.68. The lowest BCUT2D eigenvalue weighted by atomic mass is 10.1. The highest BCUT2D eigenvalue weighted by molar-refractivity contribution is 7.99. The molecule has 1 unspecified atom stereocenters. The smallest absolute Gasteiger partial charge is 0.118 e. The van der Waals surface area contributed by atoms with Crippen LogP contribution >= 0.6 is 11.8 Å². The summed E-state index contributed by atoms with van der Waals surface area (Å²) in [6.45, 7) is 2.23. The van der Waals surface area contributed by atoms with Crippen LogP contribution in [0.2, 0.25) is 0 Å². The van der Waals surface area contributed by atoms with Crippen molar-refractivity contribution in [3.63, 3.8) is 0 Å². The normalized spacial score (nSPS) is 12.4. The van der Waals surface area contributed by atoms with Gasteiger partial charge in [0, 0.05) is 11.8 Å². The van der Waals surface area contributed by atoms with Crippen LogP contribution in [-0.2, 0) is 0 Å². The van der Waals surface area contributed by atoms with Crippen molar-refractivity contribution in [2.75, 3.05) is 18.6 Å². The summed E-state index contributed by atoms with van der Waals surface area (Å²) in [5.41, 5.74) is 7.33. The lowest BCUT2D eigenvalue weighted by molar-refractivity contribution is 0.414. The molecular formula is C14H23NOS. The molecule has 0 amide bonds. The number of hydrogen-bond donors (Lipinski definition) is 1. The van der Waals surface area contributed by atoms with Crippen molar-refractivity contribution >= 4 is 11.8 Å². The van der Waals surface area contributed by atoms with Gasteiger partial charge in [0.05, 0.1) is 7.11 Å². The average Bonchev–Trinajstić information content (AvgIpc) is 2.38. The highest BCUT2D eigenvalue weighted by Crippen LogP contribution is 2.20. The third-order valence-corrected chi connectivity index (χ3v) is 3.91. The van der Waals surface area contributed by atoms with Crippen LogP contribution in [0.4, 0.5) is 0 Å². The number of unbranched alkanes of at least 4 members (excludes halogenated alkanes) is 2. The Labute approximate surface area is 109 Å². The van der Waals surface area contributed by atoms with Gasteiger partial charge < -0.3 is 10.5 Å². The van der Waals surface area contributed by atoms with E-state index in [1.807, 2.05) is 23.9 Å². The van der Waals surface area contributed by atoms with Gasteiger partial charge in [0.25, 0.3) is 0 Å². The first-order valence-corrected chi connectivity index (χ1v) is 7.40. The number of hydrogen-bond acceptors (Lipinski definition) is 3. The van der Waals surface area contributed by atoms with Crippen molar-refractivity contribution in [3.05, 3.63) is 29.8 Å². The Balaban J connectivity index is 2.28. The molecule has 0 aromatic heterocycles. The standard InChI is InChI=1S/C14H23NOS/c1-3-4-5-10-17-11-14(15)12-6-8-13(16-2)9-7-12/h6-9,14H,3-5,10-11,15H2,1-2H3. The van der Waals surface area contributed by atoms with Crippen LogP contribution in [0.25, 0.3) is 0 Å². The topological polar surface area (TPSA) is 35.2 Å². The van der Waals surface area contributed by atoms with E-state index in [2.05, 4.69) is 19.1 Å². The predicted molar refractivity (Wildman–Crippen MR) is 76.8 cm³/mol. The van der Waals surface area contributed by atoms with Crippen LogP contribution < -0.4 is 10.5 Å². The minimum Gasteiger partial charge on any atom is -0.497 e. The number of methoxy groups -OCH3 is 1. The van der Waals surface area contributed by atoms with E-state index in [0.717, 1.165) is 11.5 Å². The Morgan fingerprint density at radius 2 is 1.94 bits per heavy atom. The minimum absolute atomic E-state index is 0.132. The Kier molecular flexibility index (Phi) is 7.13. The lowest BCUT2D eigenvalue weighted by Crippen LogP contribution is -2.13. The molecule has 0 spiro atoms. The fourth-order valence-electron chi connectivity index (χ4n) is 1.61. The third kappa shape index (κ3) is 5.46. The zero-order chi connectivity index (χ0) is 12.5. The molecule has 1 aromatic carbocycles. The van der Waals surface area contributed by atoms with Gasteiger partial charge >= 0.3 is 0 Å². The molecule has 0 radical (unpaired) electrons. The monoisotopic (exact) mass is 253 g/mol. The summed E-state index contributed by atoms with van der Waals surface area (Å²) in [5.74, 6) is 3.10. The van der Waals surface area contributed by atoms with E-state index in [0.29, 0.717) is 0 Å². The molecule has 0 fully saturated rings. The molecule has 0 heterocycles. The largest absolute Gasteiger partial charge is 0.497 e. The number of benzene rings is 1. The third-order valence-electron chi connectivity index (χ3n) is 2.73. The average molecular weight is 253 g/mol. The van der Waals surface area contributed by atoms with Crippen molar-refractivity contribution in [1.82, 2.24) is 0 Å². The maximum absolute atomic E-state index is 6.14. The summed E-state index contributed by atoms with van der Waals surface area (Å²) in [6, 6.07) is 8.17. The summed E-state index contributed by atoms with van der Waals surface area (Å²) < 4.78 is 5.13. The van der Waals surface area contributed by atoms with Gasteiger partial charge in [-0.15, -0.1) is 0 Å². The molecule has 0 aliphatic carbocycles. The van der Waals surface area contributed by atoms with E-state index < -0.39 is 0 Å². The maximum Gasteiger partial charge on any atom is 0.118 e. The summed E-state index contributed by atoms with van der Waals surface area (Å²) >= 11 is 1.95. The van der Waals surface area contributed by atoms with Crippen molar-refractivity contribution in [2.24, 2.45) is 5.73 Å². The van der Waals surface area contributed by atoms with Gasteiger partial charge in [-0.2, -0.15) is 11.8 Å². The second-order valence-corrected chi connectivity index (χ2v) is 5.31. The van der Waals surface area contributed by atoms with Gasteiger partial charge in [-0.05, 0) is 29.9 Å². The van der Waals surface area contributed by atoms with E-state index in [4.69, 9.17) is 10.5 Å². The molecule has 17 heavy (non-hydrogen) atoms. The molecule has 0 bridgehead atoms. The summed E-state index contributed by atoms with van der Waals surface area (Å²) in [5, 5.41) is 0. The fraction of sp³-hybridized carbons (Fsp3) is 0.571. The molecule has 0 saturated carbocycles. The molecule has 1 aromatic rings. The van der Waals surface area contributed by atoms with Gasteiger partial charge in [-0.25, -0.2) is 0 Å². The number of ether oxygens (including phenoxy) is 1. The molecule has 0 saturated heterocycles. The van der Waals surface area contributed by atoms with E-state index >= 15 is 0 Å². The van der Waals surface area contributed by atoms with Crippen LogP contribution in [0, 0.1) is 0 Å². The van der Waals surface area contributed by atoms with E-state index in [1.54, 1.807) is 7.11 Å². The van der Waals surface area contributed by atoms with Crippen LogP contribution in [0.15, 0.2) is 24.3 Å². The number of rotatable bonds is 8. The first-order chi connectivity index (χ1) is 8.27. The predicted octanol–water partition coefficient (Wildman–Crippen LogP) is 3.62. The van der Waals surface area contributed by atoms with Crippen LogP contribution in [0.5, 0.6) is 5.75 Å². The highest BCUT2D eigenvalue weighted by atomic mass is 32.2. The van der Waals surface area contributed by atoms with Gasteiger partial charge in [0.1, 0.15) is 5.75 Å². The molecule has 0 aliphatic heterocycles. The van der Waals surface area contributed by atoms with E-state index in [1.165, 1.54) is 30.6 Å². The van der Waals surface area contributed by atoms with Crippen molar-refractivity contribution in [3.8, 4) is 5.75 Å². The first-order valence-electron chi connectivity index (χ1n) is 6.25. The first kappa shape index (κ1) is 14.4. The molecular weight excluding hydrogens is 230 g/mol. The van der Waals surface area contributed by atoms with Gasteiger partial charge in [0.15, 0.2) is 0 Å². The molecule has 0 aliphatic rings. The number of nitrogens with two attached hydrogens (primary N) is 1. The molecule has 96 valence electrons. The second kappa shape index (κ2) is 8.43. The van der Waals surface area contributed by atoms with E-state index in [9.17, 15) is 0 Å². The highest BCUT2D eigenvalue weighted by Gasteiger charge is 2.05. The molecule has 3 heteroatoms. The van der Waals surface area contributed by atoms with Gasteiger partial charge in [0.2, 0.25) is 0 Å². The second-order valence-electron chi connectivity index (χ2n) is 4.16.